The van der Waals surface area contributed by atoms with E-state index in [1.165, 1.54) is 17.7 Å². The van der Waals surface area contributed by atoms with Gasteiger partial charge >= 0.3 is 0 Å². The van der Waals surface area contributed by atoms with Gasteiger partial charge in [0.15, 0.2) is 5.13 Å². The maximum absolute atomic E-state index is 12.3. The third kappa shape index (κ3) is 3.38. The summed E-state index contributed by atoms with van der Waals surface area (Å²) in [5.74, 6) is 0.646. The normalized spacial score (nSPS) is 10.8. The highest BCUT2D eigenvalue weighted by Gasteiger charge is 2.10. The highest BCUT2D eigenvalue weighted by atomic mass is 32.1. The summed E-state index contributed by atoms with van der Waals surface area (Å²) in [5, 5.41) is 14.4. The number of anilines is 1. The van der Waals surface area contributed by atoms with Gasteiger partial charge in [0.1, 0.15) is 12.1 Å². The molecule has 2 heterocycles. The summed E-state index contributed by atoms with van der Waals surface area (Å²) in [6.45, 7) is 0. The molecule has 0 aliphatic heterocycles. The summed E-state index contributed by atoms with van der Waals surface area (Å²) < 4.78 is 7.72. The number of tetrazole rings is 1. The number of carbonyl (C=O) groups excluding carboxylic acids is 1. The second-order valence-corrected chi connectivity index (χ2v) is 6.53. The maximum atomic E-state index is 12.3. The second-order valence-electron chi connectivity index (χ2n) is 5.50. The van der Waals surface area contributed by atoms with E-state index in [4.69, 9.17) is 4.74 Å². The van der Waals surface area contributed by atoms with Crippen LogP contribution in [0.4, 0.5) is 5.13 Å². The largest absolute Gasteiger partial charge is 0.497 e. The molecule has 1 N–H and O–H groups in total. The number of nitrogens with zero attached hydrogens (tertiary/aromatic N) is 5. The second kappa shape index (κ2) is 6.89. The summed E-state index contributed by atoms with van der Waals surface area (Å²) >= 11 is 1.42. The number of thiazole rings is 1. The molecule has 9 heteroatoms. The summed E-state index contributed by atoms with van der Waals surface area (Å²) in [4.78, 5) is 16.7. The van der Waals surface area contributed by atoms with Crippen LogP contribution in [0.3, 0.4) is 0 Å². The summed E-state index contributed by atoms with van der Waals surface area (Å²) in [6.07, 6.45) is 1.78. The van der Waals surface area contributed by atoms with E-state index in [2.05, 4.69) is 25.8 Å². The number of methoxy groups -OCH3 is 1. The molecule has 4 aromatic rings. The lowest BCUT2D eigenvalue weighted by Gasteiger charge is -2.03. The lowest BCUT2D eigenvalue weighted by molar-refractivity contribution is -0.115. The van der Waals surface area contributed by atoms with Crippen LogP contribution in [0.5, 0.6) is 5.75 Å². The fraction of sp³-hybridized carbons (Fsp3) is 0.118. The van der Waals surface area contributed by atoms with Crippen molar-refractivity contribution in [3.8, 4) is 11.4 Å². The number of ether oxygens (including phenoxy) is 1. The summed E-state index contributed by atoms with van der Waals surface area (Å²) in [7, 11) is 1.62. The van der Waals surface area contributed by atoms with Crippen LogP contribution in [-0.2, 0) is 11.2 Å². The first-order chi connectivity index (χ1) is 12.7. The molecule has 2 aromatic heterocycles. The third-order valence-corrected chi connectivity index (χ3v) is 4.69. The average molecular weight is 366 g/mol. The van der Waals surface area contributed by atoms with Crippen molar-refractivity contribution in [2.75, 3.05) is 12.4 Å². The highest BCUT2D eigenvalue weighted by molar-refractivity contribution is 7.22. The Morgan fingerprint density at radius 1 is 1.23 bits per heavy atom. The highest BCUT2D eigenvalue weighted by Crippen LogP contribution is 2.29. The van der Waals surface area contributed by atoms with E-state index >= 15 is 0 Å². The number of nitrogens with one attached hydrogen (secondary N) is 1. The van der Waals surface area contributed by atoms with Gasteiger partial charge in [-0.2, -0.15) is 0 Å². The van der Waals surface area contributed by atoms with Crippen LogP contribution in [-0.4, -0.2) is 38.2 Å². The van der Waals surface area contributed by atoms with E-state index in [-0.39, 0.29) is 12.3 Å². The van der Waals surface area contributed by atoms with Crippen LogP contribution in [0.15, 0.2) is 48.8 Å². The zero-order valence-corrected chi connectivity index (χ0v) is 14.6. The van der Waals surface area contributed by atoms with Gasteiger partial charge in [0.05, 0.1) is 29.4 Å². The molecule has 0 bridgehead atoms. The van der Waals surface area contributed by atoms with Crippen LogP contribution >= 0.6 is 11.3 Å². The Morgan fingerprint density at radius 3 is 2.81 bits per heavy atom. The Bertz CT molecular complexity index is 1040. The van der Waals surface area contributed by atoms with Crippen LogP contribution in [0, 0.1) is 0 Å². The van der Waals surface area contributed by atoms with Crippen molar-refractivity contribution < 1.29 is 9.53 Å². The van der Waals surface area contributed by atoms with E-state index in [9.17, 15) is 4.79 Å². The molecule has 0 radical (unpaired) electrons. The van der Waals surface area contributed by atoms with Crippen molar-refractivity contribution >= 4 is 32.6 Å². The minimum atomic E-state index is -0.119. The molecule has 0 fully saturated rings. The van der Waals surface area contributed by atoms with E-state index in [1.807, 2.05) is 42.5 Å². The molecular weight excluding hydrogens is 352 g/mol. The Hall–Kier alpha value is -3.33. The Labute approximate surface area is 152 Å². The van der Waals surface area contributed by atoms with Crippen molar-refractivity contribution in [1.29, 1.82) is 0 Å². The number of aromatic nitrogens is 5. The number of fused-ring (bicyclic) bond motifs is 1. The van der Waals surface area contributed by atoms with E-state index in [1.54, 1.807) is 11.8 Å². The number of carbonyl (C=O) groups is 1. The number of amides is 1. The average Bonchev–Trinajstić information content (AvgIpc) is 3.30. The summed E-state index contributed by atoms with van der Waals surface area (Å²) in [6, 6.07) is 13.1. The topological polar surface area (TPSA) is 94.8 Å². The van der Waals surface area contributed by atoms with Crippen molar-refractivity contribution in [2.45, 2.75) is 6.42 Å². The number of rotatable bonds is 5. The fourth-order valence-corrected chi connectivity index (χ4v) is 3.39. The molecule has 0 atom stereocenters. The standard InChI is InChI=1S/C17H14N6O2S/c1-25-13-6-7-14-15(9-13)26-17(19-14)20-16(24)8-11-2-4-12(5-3-11)23-10-18-21-22-23/h2-7,9-10H,8H2,1H3,(H,19,20,24). The quantitative estimate of drug-likeness (QED) is 0.583. The van der Waals surface area contributed by atoms with E-state index in [0.717, 1.165) is 27.2 Å². The van der Waals surface area contributed by atoms with Gasteiger partial charge in [0, 0.05) is 0 Å². The minimum Gasteiger partial charge on any atom is -0.497 e. The van der Waals surface area contributed by atoms with Crippen molar-refractivity contribution in [3.05, 3.63) is 54.4 Å². The Kier molecular flexibility index (Phi) is 4.28. The molecule has 0 aliphatic carbocycles. The monoisotopic (exact) mass is 366 g/mol. The van der Waals surface area contributed by atoms with E-state index < -0.39 is 0 Å². The molecule has 0 saturated carbocycles. The van der Waals surface area contributed by atoms with Gasteiger partial charge in [-0.1, -0.05) is 23.5 Å². The van der Waals surface area contributed by atoms with Gasteiger partial charge in [-0.3, -0.25) is 4.79 Å². The van der Waals surface area contributed by atoms with Crippen molar-refractivity contribution in [1.82, 2.24) is 25.2 Å². The first-order valence-electron chi connectivity index (χ1n) is 7.78. The molecule has 0 aliphatic rings. The minimum absolute atomic E-state index is 0.119. The molecular formula is C17H14N6O2S. The molecule has 4 rings (SSSR count). The lowest BCUT2D eigenvalue weighted by Crippen LogP contribution is -2.14. The number of hydrogen-bond donors (Lipinski definition) is 1. The molecule has 0 unspecified atom stereocenters. The van der Waals surface area contributed by atoms with Gasteiger partial charge in [0.2, 0.25) is 5.91 Å². The SMILES string of the molecule is COc1ccc2nc(NC(=O)Cc3ccc(-n4cnnn4)cc3)sc2c1. The smallest absolute Gasteiger partial charge is 0.230 e. The van der Waals surface area contributed by atoms with Crippen molar-refractivity contribution in [3.63, 3.8) is 0 Å². The van der Waals surface area contributed by atoms with E-state index in [0.29, 0.717) is 5.13 Å². The molecule has 1 amide bonds. The van der Waals surface area contributed by atoms with Gasteiger partial charge in [-0.15, -0.1) is 5.10 Å². The van der Waals surface area contributed by atoms with Crippen molar-refractivity contribution in [2.24, 2.45) is 0 Å². The molecule has 2 aromatic carbocycles. The molecule has 26 heavy (non-hydrogen) atoms. The van der Waals surface area contributed by atoms with Crippen LogP contribution in [0.25, 0.3) is 15.9 Å². The summed E-state index contributed by atoms with van der Waals surface area (Å²) in [5.41, 5.74) is 2.55. The van der Waals surface area contributed by atoms with Crippen LogP contribution in [0.2, 0.25) is 0 Å². The maximum Gasteiger partial charge on any atom is 0.230 e. The fourth-order valence-electron chi connectivity index (χ4n) is 2.48. The molecule has 0 spiro atoms. The molecule has 0 saturated heterocycles. The zero-order valence-electron chi connectivity index (χ0n) is 13.8. The van der Waals surface area contributed by atoms with Gasteiger partial charge in [-0.25, -0.2) is 9.67 Å². The van der Waals surface area contributed by atoms with Crippen LogP contribution < -0.4 is 10.1 Å². The van der Waals surface area contributed by atoms with Crippen LogP contribution in [0.1, 0.15) is 5.56 Å². The predicted molar refractivity (Wildman–Crippen MR) is 97.7 cm³/mol. The number of hydrogen-bond acceptors (Lipinski definition) is 7. The first-order valence-corrected chi connectivity index (χ1v) is 8.59. The Morgan fingerprint density at radius 2 is 2.08 bits per heavy atom. The zero-order chi connectivity index (χ0) is 17.9. The Balaban J connectivity index is 1.43. The van der Waals surface area contributed by atoms with Gasteiger partial charge < -0.3 is 10.1 Å². The number of benzene rings is 2. The van der Waals surface area contributed by atoms with Gasteiger partial charge in [-0.05, 0) is 46.3 Å². The third-order valence-electron chi connectivity index (χ3n) is 3.76. The molecule has 130 valence electrons. The lowest BCUT2D eigenvalue weighted by atomic mass is 10.1. The van der Waals surface area contributed by atoms with Gasteiger partial charge in [0.25, 0.3) is 0 Å². The molecule has 8 nitrogen and oxygen atoms in total. The predicted octanol–water partition coefficient (Wildman–Crippen LogP) is 2.46. The first kappa shape index (κ1) is 16.2.